The largest absolute Gasteiger partial charge is 0.497 e. The SMILES string of the molecule is CCN(CC)C(=O)C(F)(F)/C=C/c1cc(OC)ccc1OC. The first-order valence-corrected chi connectivity index (χ1v) is 6.98. The minimum absolute atomic E-state index is 0.237. The lowest BCUT2D eigenvalue weighted by molar-refractivity contribution is -0.150. The number of rotatable bonds is 7. The lowest BCUT2D eigenvalue weighted by atomic mass is 10.1. The van der Waals surface area contributed by atoms with Gasteiger partial charge in [0.1, 0.15) is 11.5 Å². The van der Waals surface area contributed by atoms with E-state index in [1.807, 2.05) is 0 Å². The molecule has 0 aliphatic carbocycles. The first kappa shape index (κ1) is 17.9. The summed E-state index contributed by atoms with van der Waals surface area (Å²) in [7, 11) is 2.92. The molecule has 4 nitrogen and oxygen atoms in total. The third kappa shape index (κ3) is 4.19. The van der Waals surface area contributed by atoms with Crippen LogP contribution in [-0.4, -0.2) is 44.0 Å². The van der Waals surface area contributed by atoms with Crippen LogP contribution in [0, 0.1) is 0 Å². The fourth-order valence-electron chi connectivity index (χ4n) is 1.96. The summed E-state index contributed by atoms with van der Waals surface area (Å²) in [6, 6.07) is 4.84. The summed E-state index contributed by atoms with van der Waals surface area (Å²) in [5.74, 6) is -3.85. The molecule has 0 N–H and O–H groups in total. The topological polar surface area (TPSA) is 38.8 Å². The summed E-state index contributed by atoms with van der Waals surface area (Å²) in [4.78, 5) is 12.9. The van der Waals surface area contributed by atoms with E-state index in [-0.39, 0.29) is 13.1 Å². The molecule has 22 heavy (non-hydrogen) atoms. The van der Waals surface area contributed by atoms with Crippen LogP contribution < -0.4 is 9.47 Å². The zero-order valence-corrected chi connectivity index (χ0v) is 13.2. The fraction of sp³-hybridized carbons (Fsp3) is 0.438. The molecule has 0 aromatic heterocycles. The van der Waals surface area contributed by atoms with Gasteiger partial charge in [-0.2, -0.15) is 8.78 Å². The van der Waals surface area contributed by atoms with E-state index in [9.17, 15) is 13.6 Å². The van der Waals surface area contributed by atoms with E-state index in [4.69, 9.17) is 9.47 Å². The molecule has 0 spiro atoms. The first-order chi connectivity index (χ1) is 10.4. The molecular weight excluding hydrogens is 292 g/mol. The molecule has 1 amide bonds. The van der Waals surface area contributed by atoms with E-state index in [1.54, 1.807) is 32.0 Å². The summed E-state index contributed by atoms with van der Waals surface area (Å²) in [6.07, 6.45) is 1.76. The number of hydrogen-bond donors (Lipinski definition) is 0. The van der Waals surface area contributed by atoms with Gasteiger partial charge in [0.2, 0.25) is 0 Å². The van der Waals surface area contributed by atoms with Crippen LogP contribution in [0.15, 0.2) is 24.3 Å². The van der Waals surface area contributed by atoms with Crippen molar-refractivity contribution < 1.29 is 23.0 Å². The van der Waals surface area contributed by atoms with Crippen molar-refractivity contribution in [3.05, 3.63) is 29.8 Å². The predicted octanol–water partition coefficient (Wildman–Crippen LogP) is 3.22. The van der Waals surface area contributed by atoms with Crippen LogP contribution in [0.4, 0.5) is 8.78 Å². The van der Waals surface area contributed by atoms with Gasteiger partial charge in [0.15, 0.2) is 0 Å². The quantitative estimate of drug-likeness (QED) is 0.776. The summed E-state index contributed by atoms with van der Waals surface area (Å²) < 4.78 is 38.2. The monoisotopic (exact) mass is 313 g/mol. The van der Waals surface area contributed by atoms with Gasteiger partial charge < -0.3 is 14.4 Å². The number of hydrogen-bond acceptors (Lipinski definition) is 3. The summed E-state index contributed by atoms with van der Waals surface area (Å²) in [5, 5.41) is 0. The van der Waals surface area contributed by atoms with E-state index in [0.717, 1.165) is 4.90 Å². The van der Waals surface area contributed by atoms with Gasteiger partial charge in [-0.15, -0.1) is 0 Å². The number of methoxy groups -OCH3 is 2. The van der Waals surface area contributed by atoms with Gasteiger partial charge in [-0.05, 0) is 44.2 Å². The molecule has 0 aliphatic heterocycles. The van der Waals surface area contributed by atoms with Crippen molar-refractivity contribution in [2.24, 2.45) is 0 Å². The Morgan fingerprint density at radius 3 is 2.36 bits per heavy atom. The van der Waals surface area contributed by atoms with Gasteiger partial charge in [0.25, 0.3) is 5.91 Å². The maximum atomic E-state index is 14.0. The molecule has 1 aromatic rings. The highest BCUT2D eigenvalue weighted by molar-refractivity contribution is 5.86. The zero-order valence-electron chi connectivity index (χ0n) is 13.2. The van der Waals surface area contributed by atoms with Crippen molar-refractivity contribution in [3.8, 4) is 11.5 Å². The molecule has 0 atom stereocenters. The van der Waals surface area contributed by atoms with Gasteiger partial charge in [0, 0.05) is 18.7 Å². The Labute approximate surface area is 129 Å². The van der Waals surface area contributed by atoms with E-state index in [1.165, 1.54) is 20.3 Å². The number of benzene rings is 1. The maximum absolute atomic E-state index is 14.0. The number of alkyl halides is 2. The third-order valence-electron chi connectivity index (χ3n) is 3.24. The van der Waals surface area contributed by atoms with Crippen molar-refractivity contribution in [3.63, 3.8) is 0 Å². The van der Waals surface area contributed by atoms with Crippen LogP contribution in [0.2, 0.25) is 0 Å². The molecule has 1 aromatic carbocycles. The minimum atomic E-state index is -3.57. The van der Waals surface area contributed by atoms with E-state index in [0.29, 0.717) is 23.1 Å². The Morgan fingerprint density at radius 2 is 1.86 bits per heavy atom. The predicted molar refractivity (Wildman–Crippen MR) is 81.5 cm³/mol. The van der Waals surface area contributed by atoms with Gasteiger partial charge in [0.05, 0.1) is 14.2 Å². The van der Waals surface area contributed by atoms with E-state index < -0.39 is 11.8 Å². The zero-order chi connectivity index (χ0) is 16.8. The third-order valence-corrected chi connectivity index (χ3v) is 3.24. The lowest BCUT2D eigenvalue weighted by Crippen LogP contribution is -2.42. The highest BCUT2D eigenvalue weighted by atomic mass is 19.3. The Kier molecular flexibility index (Phi) is 6.34. The fourth-order valence-corrected chi connectivity index (χ4v) is 1.96. The molecule has 122 valence electrons. The van der Waals surface area contributed by atoms with Crippen molar-refractivity contribution in [2.45, 2.75) is 19.8 Å². The number of amides is 1. The molecule has 6 heteroatoms. The normalized spacial score (nSPS) is 11.5. The van der Waals surface area contributed by atoms with Crippen molar-refractivity contribution in [2.75, 3.05) is 27.3 Å². The van der Waals surface area contributed by atoms with E-state index in [2.05, 4.69) is 0 Å². The molecular formula is C16H21F2NO3. The lowest BCUT2D eigenvalue weighted by Gasteiger charge is -2.22. The molecule has 0 saturated carbocycles. The second-order valence-corrected chi connectivity index (χ2v) is 4.54. The Morgan fingerprint density at radius 1 is 1.23 bits per heavy atom. The Hall–Kier alpha value is -2.11. The molecule has 0 heterocycles. The van der Waals surface area contributed by atoms with Crippen molar-refractivity contribution in [1.82, 2.24) is 4.90 Å². The van der Waals surface area contributed by atoms with Gasteiger partial charge >= 0.3 is 5.92 Å². The number of nitrogens with zero attached hydrogens (tertiary/aromatic N) is 1. The molecule has 1 rings (SSSR count). The highest BCUT2D eigenvalue weighted by Gasteiger charge is 2.38. The maximum Gasteiger partial charge on any atom is 0.343 e. The minimum Gasteiger partial charge on any atom is -0.497 e. The summed E-state index contributed by atoms with van der Waals surface area (Å²) in [5.41, 5.74) is 0.411. The van der Waals surface area contributed by atoms with E-state index >= 15 is 0 Å². The van der Waals surface area contributed by atoms with Crippen molar-refractivity contribution >= 4 is 12.0 Å². The summed E-state index contributed by atoms with van der Waals surface area (Å²) >= 11 is 0. The number of halogens is 2. The first-order valence-electron chi connectivity index (χ1n) is 6.98. The summed E-state index contributed by atoms with van der Waals surface area (Å²) in [6.45, 7) is 3.79. The van der Waals surface area contributed by atoms with Crippen LogP contribution >= 0.6 is 0 Å². The average Bonchev–Trinajstić information content (AvgIpc) is 2.53. The number of carbonyl (C=O) groups excluding carboxylic acids is 1. The van der Waals surface area contributed by atoms with Crippen LogP contribution in [-0.2, 0) is 4.79 Å². The van der Waals surface area contributed by atoms with Crippen LogP contribution in [0.25, 0.3) is 6.08 Å². The van der Waals surface area contributed by atoms with Gasteiger partial charge in [-0.25, -0.2) is 0 Å². The molecule has 0 bridgehead atoms. The Balaban J connectivity index is 3.06. The molecule has 0 radical (unpaired) electrons. The molecule has 0 fully saturated rings. The van der Waals surface area contributed by atoms with Crippen LogP contribution in [0.5, 0.6) is 11.5 Å². The standard InChI is InChI=1S/C16H21F2NO3/c1-5-19(6-2)15(20)16(17,18)10-9-12-11-13(21-3)7-8-14(12)22-4/h7-11H,5-6H2,1-4H3/b10-9+. The number of carbonyl (C=O) groups is 1. The molecule has 0 unspecified atom stereocenters. The Bertz CT molecular complexity index is 540. The van der Waals surface area contributed by atoms with Gasteiger partial charge in [-0.3, -0.25) is 4.79 Å². The smallest absolute Gasteiger partial charge is 0.343 e. The molecule has 0 aliphatic rings. The number of ether oxygens (including phenoxy) is 2. The molecule has 0 saturated heterocycles. The van der Waals surface area contributed by atoms with Crippen molar-refractivity contribution in [1.29, 1.82) is 0 Å². The second-order valence-electron chi connectivity index (χ2n) is 4.54. The van der Waals surface area contributed by atoms with Crippen LogP contribution in [0.3, 0.4) is 0 Å². The van der Waals surface area contributed by atoms with Crippen LogP contribution in [0.1, 0.15) is 19.4 Å². The highest BCUT2D eigenvalue weighted by Crippen LogP contribution is 2.27. The van der Waals surface area contributed by atoms with Gasteiger partial charge in [-0.1, -0.05) is 0 Å². The average molecular weight is 313 g/mol. The second kappa shape index (κ2) is 7.77.